The Kier molecular flexibility index (Phi) is 4.00. The molecule has 53 valence electrons. The number of hydrogen-bond acceptors (Lipinski definition) is 3. The first-order chi connectivity index (χ1) is 4.13. The minimum atomic E-state index is -0.935. The van der Waals surface area contributed by atoms with Gasteiger partial charge in [0.15, 0.2) is 0 Å². The molecule has 9 heavy (non-hydrogen) atoms. The van der Waals surface area contributed by atoms with Crippen LogP contribution >= 0.6 is 0 Å². The minimum Gasteiger partial charge on any atom is -0.480 e. The first kappa shape index (κ1) is 8.39. The molecule has 1 atom stereocenters. The van der Waals surface area contributed by atoms with Gasteiger partial charge in [-0.1, -0.05) is 0 Å². The van der Waals surface area contributed by atoms with Crippen LogP contribution in [0, 0.1) is 6.92 Å². The maximum Gasteiger partial charge on any atom is 0.317 e. The molecular weight excluding hydrogens is 122 g/mol. The molecule has 4 nitrogen and oxygen atoms in total. The summed E-state index contributed by atoms with van der Waals surface area (Å²) in [6, 6.07) is 0. The van der Waals surface area contributed by atoms with Gasteiger partial charge in [-0.25, -0.2) is 0 Å². The minimum absolute atomic E-state index is 0.132. The molecule has 0 fully saturated rings. The van der Waals surface area contributed by atoms with Gasteiger partial charge in [0, 0.05) is 6.54 Å². The second kappa shape index (κ2) is 4.29. The van der Waals surface area contributed by atoms with E-state index in [0.717, 1.165) is 0 Å². The lowest BCUT2D eigenvalue weighted by atomic mass is 10.4. The van der Waals surface area contributed by atoms with Crippen molar-refractivity contribution in [2.75, 3.05) is 13.1 Å². The molecule has 0 bridgehead atoms. The first-order valence-corrected chi connectivity index (χ1v) is 2.56. The van der Waals surface area contributed by atoms with Crippen molar-refractivity contribution in [1.29, 1.82) is 0 Å². The predicted molar refractivity (Wildman–Crippen MR) is 31.9 cm³/mol. The van der Waals surface area contributed by atoms with Gasteiger partial charge in [-0.15, -0.1) is 0 Å². The summed E-state index contributed by atoms with van der Waals surface area (Å²) in [5.41, 5.74) is 0. The Morgan fingerprint density at radius 3 is 2.67 bits per heavy atom. The number of carboxylic acids is 1. The lowest BCUT2D eigenvalue weighted by Crippen LogP contribution is -2.29. The number of nitrogens with one attached hydrogen (secondary N) is 1. The number of aliphatic hydroxyl groups is 1. The zero-order valence-corrected chi connectivity index (χ0v) is 5.00. The van der Waals surface area contributed by atoms with E-state index in [1.807, 2.05) is 0 Å². The van der Waals surface area contributed by atoms with E-state index in [1.165, 1.54) is 0 Å². The van der Waals surface area contributed by atoms with E-state index in [9.17, 15) is 4.79 Å². The smallest absolute Gasteiger partial charge is 0.317 e. The fourth-order valence-corrected chi connectivity index (χ4v) is 0.346. The van der Waals surface area contributed by atoms with E-state index in [2.05, 4.69) is 12.2 Å². The largest absolute Gasteiger partial charge is 0.480 e. The topological polar surface area (TPSA) is 69.6 Å². The Labute approximate surface area is 53.5 Å². The van der Waals surface area contributed by atoms with E-state index >= 15 is 0 Å². The molecule has 0 amide bonds. The molecule has 0 spiro atoms. The quantitative estimate of drug-likeness (QED) is 0.452. The SMILES string of the molecule is [CH2]C(O)CNCC(=O)O. The first-order valence-electron chi connectivity index (χ1n) is 2.56. The molecule has 0 saturated heterocycles. The molecule has 0 saturated carbocycles. The number of aliphatic hydroxyl groups excluding tert-OH is 1. The summed E-state index contributed by atoms with van der Waals surface area (Å²) < 4.78 is 0. The van der Waals surface area contributed by atoms with Crippen LogP contribution in [-0.4, -0.2) is 35.4 Å². The highest BCUT2D eigenvalue weighted by molar-refractivity contribution is 5.68. The number of rotatable bonds is 4. The van der Waals surface area contributed by atoms with Crippen molar-refractivity contribution in [3.05, 3.63) is 6.92 Å². The van der Waals surface area contributed by atoms with E-state index in [0.29, 0.717) is 0 Å². The average molecular weight is 132 g/mol. The third kappa shape index (κ3) is 7.39. The fraction of sp³-hybridized carbons (Fsp3) is 0.600. The molecule has 0 aromatic carbocycles. The van der Waals surface area contributed by atoms with Gasteiger partial charge in [-0.05, 0) is 6.92 Å². The van der Waals surface area contributed by atoms with Gasteiger partial charge in [0.2, 0.25) is 0 Å². The zero-order valence-electron chi connectivity index (χ0n) is 5.00. The van der Waals surface area contributed by atoms with Crippen LogP contribution in [0.4, 0.5) is 0 Å². The average Bonchev–Trinajstić information content (AvgIpc) is 1.63. The molecule has 0 aromatic heterocycles. The molecule has 4 heteroatoms. The van der Waals surface area contributed by atoms with Gasteiger partial charge in [0.05, 0.1) is 12.6 Å². The van der Waals surface area contributed by atoms with Crippen molar-refractivity contribution in [2.45, 2.75) is 6.10 Å². The monoisotopic (exact) mass is 132 g/mol. The number of aliphatic carboxylic acids is 1. The second-order valence-corrected chi connectivity index (χ2v) is 1.68. The van der Waals surface area contributed by atoms with E-state index < -0.39 is 12.1 Å². The van der Waals surface area contributed by atoms with Crippen molar-refractivity contribution in [1.82, 2.24) is 5.32 Å². The van der Waals surface area contributed by atoms with Crippen LogP contribution in [0.5, 0.6) is 0 Å². The number of carbonyl (C=O) groups is 1. The molecular formula is C5H10NO3. The third-order valence-electron chi connectivity index (χ3n) is 0.656. The van der Waals surface area contributed by atoms with E-state index in [-0.39, 0.29) is 13.1 Å². The van der Waals surface area contributed by atoms with Crippen LogP contribution in [0.25, 0.3) is 0 Å². The van der Waals surface area contributed by atoms with Crippen molar-refractivity contribution >= 4 is 5.97 Å². The number of carboxylic acid groups (broad SMARTS) is 1. The zero-order chi connectivity index (χ0) is 7.28. The molecule has 0 aliphatic rings. The maximum absolute atomic E-state index is 9.82. The van der Waals surface area contributed by atoms with Crippen molar-refractivity contribution in [3.8, 4) is 0 Å². The highest BCUT2D eigenvalue weighted by atomic mass is 16.4. The summed E-state index contributed by atoms with van der Waals surface area (Å²) >= 11 is 0. The van der Waals surface area contributed by atoms with Gasteiger partial charge in [-0.3, -0.25) is 4.79 Å². The van der Waals surface area contributed by atoms with Gasteiger partial charge in [0.1, 0.15) is 0 Å². The summed E-state index contributed by atoms with van der Waals surface area (Å²) in [4.78, 5) is 9.82. The van der Waals surface area contributed by atoms with Crippen LogP contribution in [0.3, 0.4) is 0 Å². The van der Waals surface area contributed by atoms with Crippen molar-refractivity contribution in [3.63, 3.8) is 0 Å². The molecule has 0 aliphatic carbocycles. The summed E-state index contributed by atoms with van der Waals surface area (Å²) in [5, 5.41) is 19.0. The normalized spacial score (nSPS) is 13.1. The van der Waals surface area contributed by atoms with Crippen LogP contribution in [0.1, 0.15) is 0 Å². The highest BCUT2D eigenvalue weighted by Crippen LogP contribution is 1.71. The molecule has 1 radical (unpaired) electrons. The second-order valence-electron chi connectivity index (χ2n) is 1.68. The lowest BCUT2D eigenvalue weighted by molar-refractivity contribution is -0.136. The van der Waals surface area contributed by atoms with Gasteiger partial charge in [0.25, 0.3) is 0 Å². The molecule has 1 unspecified atom stereocenters. The van der Waals surface area contributed by atoms with Crippen molar-refractivity contribution < 1.29 is 15.0 Å². The van der Waals surface area contributed by atoms with Crippen molar-refractivity contribution in [2.24, 2.45) is 0 Å². The molecule has 0 rings (SSSR count). The summed E-state index contributed by atoms with van der Waals surface area (Å²) in [6.07, 6.45) is -0.732. The lowest BCUT2D eigenvalue weighted by Gasteiger charge is -2.02. The standard InChI is InChI=1S/C5H10NO3/c1-4(7)2-6-3-5(8)9/h4,6-7H,1-3H2,(H,8,9). The summed E-state index contributed by atoms with van der Waals surface area (Å²) in [5.74, 6) is -0.935. The van der Waals surface area contributed by atoms with Crippen LogP contribution in [0.2, 0.25) is 0 Å². The van der Waals surface area contributed by atoms with Crippen LogP contribution in [0.15, 0.2) is 0 Å². The summed E-state index contributed by atoms with van der Waals surface area (Å²) in [7, 11) is 0. The van der Waals surface area contributed by atoms with E-state index in [1.54, 1.807) is 0 Å². The highest BCUT2D eigenvalue weighted by Gasteiger charge is 1.96. The maximum atomic E-state index is 9.82. The Morgan fingerprint density at radius 1 is 1.78 bits per heavy atom. The fourth-order valence-electron chi connectivity index (χ4n) is 0.346. The van der Waals surface area contributed by atoms with Crippen LogP contribution < -0.4 is 5.32 Å². The molecule has 0 heterocycles. The van der Waals surface area contributed by atoms with Gasteiger partial charge < -0.3 is 15.5 Å². The van der Waals surface area contributed by atoms with E-state index in [4.69, 9.17) is 10.2 Å². The summed E-state index contributed by atoms with van der Waals surface area (Å²) in [6.45, 7) is 3.32. The Morgan fingerprint density at radius 2 is 2.33 bits per heavy atom. The third-order valence-corrected chi connectivity index (χ3v) is 0.656. The Hall–Kier alpha value is -0.610. The molecule has 0 aromatic rings. The predicted octanol–water partition coefficient (Wildman–Crippen LogP) is -1.14. The van der Waals surface area contributed by atoms with Crippen LogP contribution in [-0.2, 0) is 4.79 Å². The van der Waals surface area contributed by atoms with Gasteiger partial charge >= 0.3 is 5.97 Å². The Balaban J connectivity index is 3.01. The van der Waals surface area contributed by atoms with Gasteiger partial charge in [-0.2, -0.15) is 0 Å². The Bertz CT molecular complexity index is 92.2. The molecule has 0 aliphatic heterocycles. The molecule has 3 N–H and O–H groups in total. The number of hydrogen-bond donors (Lipinski definition) is 3.